The minimum atomic E-state index is -0.171. The lowest BCUT2D eigenvalue weighted by Gasteiger charge is -2.14. The number of hydrogen-bond donors (Lipinski definition) is 1. The lowest BCUT2D eigenvalue weighted by atomic mass is 10.3. The fourth-order valence-corrected chi connectivity index (χ4v) is 2.53. The third kappa shape index (κ3) is 2.03. The second-order valence-corrected chi connectivity index (χ2v) is 5.11. The van der Waals surface area contributed by atoms with E-state index in [-0.39, 0.29) is 11.9 Å². The van der Waals surface area contributed by atoms with E-state index in [1.165, 1.54) is 6.20 Å². The fourth-order valence-electron chi connectivity index (χ4n) is 2.53. The van der Waals surface area contributed by atoms with E-state index in [9.17, 15) is 4.79 Å². The molecule has 0 atom stereocenters. The van der Waals surface area contributed by atoms with Crippen LogP contribution in [0.4, 0.5) is 5.95 Å². The van der Waals surface area contributed by atoms with E-state index >= 15 is 0 Å². The molecule has 7 nitrogen and oxygen atoms in total. The fraction of sp³-hybridized carbons (Fsp3) is 0.133. The molecule has 3 heterocycles. The molecule has 0 fully saturated rings. The Bertz CT molecular complexity index is 894. The van der Waals surface area contributed by atoms with Crippen LogP contribution in [0.3, 0.4) is 0 Å². The van der Waals surface area contributed by atoms with Gasteiger partial charge in [-0.05, 0) is 12.1 Å². The molecule has 0 aliphatic carbocycles. The molecule has 1 amide bonds. The number of hydrogen-bond acceptors (Lipinski definition) is 6. The van der Waals surface area contributed by atoms with Crippen LogP contribution in [0.15, 0.2) is 36.7 Å². The summed E-state index contributed by atoms with van der Waals surface area (Å²) >= 11 is 0. The van der Waals surface area contributed by atoms with E-state index < -0.39 is 0 Å². The van der Waals surface area contributed by atoms with Crippen LogP contribution in [-0.2, 0) is 13.1 Å². The van der Waals surface area contributed by atoms with E-state index in [1.807, 2.05) is 24.3 Å². The molecule has 2 N–H and O–H groups in total. The van der Waals surface area contributed by atoms with E-state index in [1.54, 1.807) is 11.1 Å². The number of nitrogens with two attached hydrogens (primary N) is 1. The monoisotopic (exact) mass is 292 g/mol. The van der Waals surface area contributed by atoms with Crippen molar-refractivity contribution in [2.75, 3.05) is 5.73 Å². The van der Waals surface area contributed by atoms with Gasteiger partial charge >= 0.3 is 0 Å². The van der Waals surface area contributed by atoms with Gasteiger partial charge in [-0.15, -0.1) is 0 Å². The predicted octanol–water partition coefficient (Wildman–Crippen LogP) is 1.16. The first-order valence-corrected chi connectivity index (χ1v) is 6.82. The Labute approximate surface area is 125 Å². The van der Waals surface area contributed by atoms with Crippen molar-refractivity contribution in [2.24, 2.45) is 0 Å². The number of para-hydroxylation sites is 2. The Balaban J connectivity index is 1.64. The summed E-state index contributed by atoms with van der Waals surface area (Å²) in [6, 6.07) is 7.46. The number of rotatable bonds is 1. The molecule has 4 rings (SSSR count). The first-order chi connectivity index (χ1) is 10.7. The van der Waals surface area contributed by atoms with Crippen molar-refractivity contribution in [3.05, 3.63) is 53.6 Å². The summed E-state index contributed by atoms with van der Waals surface area (Å²) in [7, 11) is 0. The van der Waals surface area contributed by atoms with Gasteiger partial charge in [0.25, 0.3) is 5.91 Å². The maximum atomic E-state index is 12.6. The third-order valence-electron chi connectivity index (χ3n) is 3.63. The summed E-state index contributed by atoms with van der Waals surface area (Å²) in [4.78, 5) is 31.0. The molecule has 0 spiro atoms. The lowest BCUT2D eigenvalue weighted by Crippen LogP contribution is -2.26. The molecular formula is C15H12N6O. The lowest BCUT2D eigenvalue weighted by molar-refractivity contribution is 0.0744. The van der Waals surface area contributed by atoms with Crippen LogP contribution in [0.2, 0.25) is 0 Å². The molecule has 0 saturated carbocycles. The van der Waals surface area contributed by atoms with Crippen LogP contribution >= 0.6 is 0 Å². The van der Waals surface area contributed by atoms with Gasteiger partial charge in [0, 0.05) is 18.3 Å². The maximum absolute atomic E-state index is 12.6. The first-order valence-electron chi connectivity index (χ1n) is 6.82. The molecule has 0 radical (unpaired) electrons. The number of amides is 1. The average molecular weight is 292 g/mol. The van der Waals surface area contributed by atoms with E-state index in [0.717, 1.165) is 16.8 Å². The molecule has 1 aromatic carbocycles. The summed E-state index contributed by atoms with van der Waals surface area (Å²) in [6.45, 7) is 0.873. The van der Waals surface area contributed by atoms with Gasteiger partial charge in [-0.2, -0.15) is 0 Å². The SMILES string of the molecule is Nc1ncc2c(n1)CN(C(=O)c1cnc3ccccc3n1)C2. The highest BCUT2D eigenvalue weighted by atomic mass is 16.2. The van der Waals surface area contributed by atoms with Gasteiger partial charge in [0.15, 0.2) is 0 Å². The van der Waals surface area contributed by atoms with Crippen molar-refractivity contribution in [2.45, 2.75) is 13.1 Å². The van der Waals surface area contributed by atoms with E-state index in [0.29, 0.717) is 24.3 Å². The van der Waals surface area contributed by atoms with Gasteiger partial charge in [-0.3, -0.25) is 9.78 Å². The van der Waals surface area contributed by atoms with Gasteiger partial charge < -0.3 is 10.6 Å². The zero-order valence-corrected chi connectivity index (χ0v) is 11.6. The number of carbonyl (C=O) groups excluding carboxylic acids is 1. The first kappa shape index (κ1) is 12.6. The summed E-state index contributed by atoms with van der Waals surface area (Å²) < 4.78 is 0. The summed E-state index contributed by atoms with van der Waals surface area (Å²) in [6.07, 6.45) is 3.17. The Morgan fingerprint density at radius 2 is 1.86 bits per heavy atom. The highest BCUT2D eigenvalue weighted by Crippen LogP contribution is 2.22. The smallest absolute Gasteiger partial charge is 0.274 e. The Hall–Kier alpha value is -3.09. The highest BCUT2D eigenvalue weighted by Gasteiger charge is 2.27. The van der Waals surface area contributed by atoms with Gasteiger partial charge in [0.2, 0.25) is 5.95 Å². The Morgan fingerprint density at radius 1 is 1.05 bits per heavy atom. The number of benzene rings is 1. The quantitative estimate of drug-likeness (QED) is 0.722. The molecule has 7 heteroatoms. The Morgan fingerprint density at radius 3 is 2.73 bits per heavy atom. The van der Waals surface area contributed by atoms with Gasteiger partial charge in [0.05, 0.1) is 29.5 Å². The summed E-state index contributed by atoms with van der Waals surface area (Å²) in [5.41, 5.74) is 9.07. The minimum Gasteiger partial charge on any atom is -0.368 e. The van der Waals surface area contributed by atoms with Crippen molar-refractivity contribution >= 4 is 22.9 Å². The molecule has 0 bridgehead atoms. The Kier molecular flexibility index (Phi) is 2.72. The normalized spacial score (nSPS) is 13.4. The van der Waals surface area contributed by atoms with Gasteiger partial charge in [0.1, 0.15) is 5.69 Å². The van der Waals surface area contributed by atoms with Gasteiger partial charge in [-0.25, -0.2) is 15.0 Å². The standard InChI is InChI=1S/C15H12N6O/c16-15-18-5-9-7-21(8-13(9)20-15)14(22)12-6-17-10-3-1-2-4-11(10)19-12/h1-6H,7-8H2,(H2,16,18,20). The number of aromatic nitrogens is 4. The number of carbonyl (C=O) groups is 1. The zero-order valence-electron chi connectivity index (χ0n) is 11.6. The van der Waals surface area contributed by atoms with Crippen molar-refractivity contribution in [3.8, 4) is 0 Å². The summed E-state index contributed by atoms with van der Waals surface area (Å²) in [5, 5.41) is 0. The molecule has 2 aromatic heterocycles. The molecule has 0 saturated heterocycles. The number of nitrogen functional groups attached to an aromatic ring is 1. The van der Waals surface area contributed by atoms with Crippen LogP contribution in [0.1, 0.15) is 21.7 Å². The van der Waals surface area contributed by atoms with E-state index in [2.05, 4.69) is 19.9 Å². The second kappa shape index (κ2) is 4.73. The highest BCUT2D eigenvalue weighted by molar-refractivity contribution is 5.94. The van der Waals surface area contributed by atoms with E-state index in [4.69, 9.17) is 5.73 Å². The maximum Gasteiger partial charge on any atom is 0.274 e. The van der Waals surface area contributed by atoms with Crippen LogP contribution in [-0.4, -0.2) is 30.7 Å². The third-order valence-corrected chi connectivity index (χ3v) is 3.63. The van der Waals surface area contributed by atoms with Crippen LogP contribution in [0, 0.1) is 0 Å². The molecule has 108 valence electrons. The number of fused-ring (bicyclic) bond motifs is 2. The number of anilines is 1. The second-order valence-electron chi connectivity index (χ2n) is 5.11. The molecular weight excluding hydrogens is 280 g/mol. The predicted molar refractivity (Wildman–Crippen MR) is 79.6 cm³/mol. The largest absolute Gasteiger partial charge is 0.368 e. The zero-order chi connectivity index (χ0) is 15.1. The van der Waals surface area contributed by atoms with Crippen LogP contribution < -0.4 is 5.73 Å². The van der Waals surface area contributed by atoms with Crippen LogP contribution in [0.25, 0.3) is 11.0 Å². The van der Waals surface area contributed by atoms with Crippen molar-refractivity contribution < 1.29 is 4.79 Å². The van der Waals surface area contributed by atoms with Crippen LogP contribution in [0.5, 0.6) is 0 Å². The molecule has 1 aliphatic heterocycles. The van der Waals surface area contributed by atoms with Gasteiger partial charge in [-0.1, -0.05) is 12.1 Å². The molecule has 3 aromatic rings. The topological polar surface area (TPSA) is 97.9 Å². The van der Waals surface area contributed by atoms with Crippen molar-refractivity contribution in [1.82, 2.24) is 24.8 Å². The molecule has 22 heavy (non-hydrogen) atoms. The minimum absolute atomic E-state index is 0.171. The average Bonchev–Trinajstić information content (AvgIpc) is 2.96. The molecule has 0 unspecified atom stereocenters. The molecule has 1 aliphatic rings. The summed E-state index contributed by atoms with van der Waals surface area (Å²) in [5.74, 6) is 0.0494. The number of nitrogens with zero attached hydrogens (tertiary/aromatic N) is 5. The van der Waals surface area contributed by atoms with Crippen molar-refractivity contribution in [1.29, 1.82) is 0 Å². The van der Waals surface area contributed by atoms with Crippen molar-refractivity contribution in [3.63, 3.8) is 0 Å².